The summed E-state index contributed by atoms with van der Waals surface area (Å²) in [6.45, 7) is 3.35. The molecule has 0 saturated heterocycles. The van der Waals surface area contributed by atoms with Crippen LogP contribution in [-0.4, -0.2) is 157 Å². The van der Waals surface area contributed by atoms with Crippen LogP contribution < -0.4 is 5.32 Å². The number of rotatable bonds is 23. The number of carboxylic acid groups (broad SMARTS) is 1. The van der Waals surface area contributed by atoms with Crippen molar-refractivity contribution in [1.29, 1.82) is 0 Å². The number of hydrogen-bond acceptors (Lipinski definition) is 10. The Labute approximate surface area is 288 Å². The molecule has 1 aliphatic carbocycles. The van der Waals surface area contributed by atoms with Crippen molar-refractivity contribution in [2.24, 2.45) is 0 Å². The minimum absolute atomic E-state index is 0.0155. The molecule has 2 aromatic rings. The summed E-state index contributed by atoms with van der Waals surface area (Å²) in [6, 6.07) is 14.1. The fourth-order valence-corrected chi connectivity index (χ4v) is 5.64. The van der Waals surface area contributed by atoms with Crippen LogP contribution in [0.1, 0.15) is 23.5 Å². The van der Waals surface area contributed by atoms with Crippen molar-refractivity contribution >= 4 is 23.9 Å². The van der Waals surface area contributed by atoms with Crippen LogP contribution in [-0.2, 0) is 38.1 Å². The number of fused-ring (bicyclic) bond motifs is 3. The zero-order chi connectivity index (χ0) is 35.6. The standard InChI is InChI=1S/C35H50N4O10/c1-45-19-15-37(16-20-46-2)13-14-39(24-33(41)38(17-21-47-3)18-22-48-4)32(40)23-31(34(42)43)36-35(44)49-25-30-28-11-7-5-9-26(28)27-10-6-8-12-29(27)30/h5-12,30-31H,13-25H2,1-4H3,(H,36,44)(H,42,43)/t31-/m0/s1. The van der Waals surface area contributed by atoms with Gasteiger partial charge in [-0.05, 0) is 22.3 Å². The molecular weight excluding hydrogens is 636 g/mol. The van der Waals surface area contributed by atoms with Gasteiger partial charge in [-0.2, -0.15) is 0 Å². The monoisotopic (exact) mass is 686 g/mol. The van der Waals surface area contributed by atoms with E-state index in [-0.39, 0.29) is 57.8 Å². The Hall–Kier alpha value is -4.08. The molecule has 0 aliphatic heterocycles. The number of aliphatic carboxylic acids is 1. The summed E-state index contributed by atoms with van der Waals surface area (Å²) in [6.07, 6.45) is -1.54. The van der Waals surface area contributed by atoms with Gasteiger partial charge in [0, 0.05) is 73.6 Å². The van der Waals surface area contributed by atoms with E-state index in [1.807, 2.05) is 53.4 Å². The van der Waals surface area contributed by atoms with E-state index in [1.54, 1.807) is 14.2 Å². The van der Waals surface area contributed by atoms with Crippen LogP contribution in [0.25, 0.3) is 11.1 Å². The molecule has 49 heavy (non-hydrogen) atoms. The van der Waals surface area contributed by atoms with E-state index in [1.165, 1.54) is 24.0 Å². The fraction of sp³-hybridized carbons (Fsp3) is 0.543. The van der Waals surface area contributed by atoms with Crippen molar-refractivity contribution in [1.82, 2.24) is 20.0 Å². The number of ether oxygens (including phenoxy) is 5. The predicted molar refractivity (Wildman–Crippen MR) is 181 cm³/mol. The van der Waals surface area contributed by atoms with E-state index in [4.69, 9.17) is 23.7 Å². The second-order valence-electron chi connectivity index (χ2n) is 11.6. The number of benzene rings is 2. The molecule has 0 saturated carbocycles. The Morgan fingerprint density at radius 2 is 1.20 bits per heavy atom. The summed E-state index contributed by atoms with van der Waals surface area (Å²) in [5, 5.41) is 12.3. The highest BCUT2D eigenvalue weighted by Crippen LogP contribution is 2.44. The van der Waals surface area contributed by atoms with E-state index in [0.717, 1.165) is 22.3 Å². The van der Waals surface area contributed by atoms with Gasteiger partial charge in [0.2, 0.25) is 11.8 Å². The van der Waals surface area contributed by atoms with Gasteiger partial charge in [0.15, 0.2) is 0 Å². The predicted octanol–water partition coefficient (Wildman–Crippen LogP) is 1.91. The first-order chi connectivity index (χ1) is 23.7. The van der Waals surface area contributed by atoms with Crippen molar-refractivity contribution in [3.05, 3.63) is 59.7 Å². The number of hydrogen-bond donors (Lipinski definition) is 2. The van der Waals surface area contributed by atoms with Crippen LogP contribution in [0.2, 0.25) is 0 Å². The molecule has 0 heterocycles. The smallest absolute Gasteiger partial charge is 0.407 e. The van der Waals surface area contributed by atoms with Gasteiger partial charge in [0.25, 0.3) is 0 Å². The summed E-state index contributed by atoms with van der Waals surface area (Å²) in [5.41, 5.74) is 4.14. The average molecular weight is 687 g/mol. The van der Waals surface area contributed by atoms with Crippen LogP contribution in [0, 0.1) is 0 Å². The summed E-state index contributed by atoms with van der Waals surface area (Å²) in [5.74, 6) is -2.59. The third-order valence-corrected chi connectivity index (χ3v) is 8.38. The highest BCUT2D eigenvalue weighted by atomic mass is 16.5. The summed E-state index contributed by atoms with van der Waals surface area (Å²) >= 11 is 0. The Morgan fingerprint density at radius 1 is 0.694 bits per heavy atom. The molecule has 1 aliphatic rings. The Bertz CT molecular complexity index is 1300. The van der Waals surface area contributed by atoms with Gasteiger partial charge in [-0.25, -0.2) is 9.59 Å². The van der Waals surface area contributed by atoms with Gasteiger partial charge < -0.3 is 43.9 Å². The summed E-state index contributed by atoms with van der Waals surface area (Å²) in [7, 11) is 6.23. The number of methoxy groups -OCH3 is 4. The molecule has 0 aromatic heterocycles. The van der Waals surface area contributed by atoms with E-state index < -0.39 is 30.4 Å². The SMILES string of the molecule is COCCN(CCOC)CCN(CC(=O)N(CCOC)CCOC)C(=O)C[C@H](NC(=O)OCC1c2ccccc2-c2ccccc21)C(=O)O. The van der Waals surface area contributed by atoms with E-state index in [2.05, 4.69) is 5.32 Å². The minimum Gasteiger partial charge on any atom is -0.480 e. The molecule has 0 unspecified atom stereocenters. The van der Waals surface area contributed by atoms with Crippen molar-refractivity contribution in [3.63, 3.8) is 0 Å². The lowest BCUT2D eigenvalue weighted by Gasteiger charge is -2.30. The molecule has 3 rings (SSSR count). The van der Waals surface area contributed by atoms with Crippen LogP contribution >= 0.6 is 0 Å². The number of nitrogens with one attached hydrogen (secondary N) is 1. The largest absolute Gasteiger partial charge is 0.480 e. The molecule has 0 spiro atoms. The van der Waals surface area contributed by atoms with Crippen LogP contribution in [0.3, 0.4) is 0 Å². The molecule has 2 N–H and O–H groups in total. The van der Waals surface area contributed by atoms with Gasteiger partial charge in [-0.15, -0.1) is 0 Å². The summed E-state index contributed by atoms with van der Waals surface area (Å²) in [4.78, 5) is 57.2. The molecule has 0 fully saturated rings. The normalized spacial score (nSPS) is 12.7. The second kappa shape index (κ2) is 21.1. The quantitative estimate of drug-likeness (QED) is 0.176. The number of alkyl carbamates (subject to hydrolysis) is 1. The van der Waals surface area contributed by atoms with E-state index in [0.29, 0.717) is 32.8 Å². The third-order valence-electron chi connectivity index (χ3n) is 8.38. The molecule has 3 amide bonds. The zero-order valence-corrected chi connectivity index (χ0v) is 28.9. The fourth-order valence-electron chi connectivity index (χ4n) is 5.64. The van der Waals surface area contributed by atoms with Crippen molar-refractivity contribution in [2.45, 2.75) is 18.4 Å². The number of carboxylic acids is 1. The number of nitrogens with zero attached hydrogens (tertiary/aromatic N) is 3. The van der Waals surface area contributed by atoms with Crippen LogP contribution in [0.4, 0.5) is 4.79 Å². The topological polar surface area (TPSA) is 156 Å². The molecule has 270 valence electrons. The van der Waals surface area contributed by atoms with Gasteiger partial charge in [0.1, 0.15) is 12.6 Å². The van der Waals surface area contributed by atoms with Crippen LogP contribution in [0.5, 0.6) is 0 Å². The lowest BCUT2D eigenvalue weighted by molar-refractivity contribution is -0.145. The van der Waals surface area contributed by atoms with E-state index >= 15 is 0 Å². The minimum atomic E-state index is -1.59. The maximum atomic E-state index is 13.7. The average Bonchev–Trinajstić information content (AvgIpc) is 3.42. The Balaban J connectivity index is 1.70. The highest BCUT2D eigenvalue weighted by Gasteiger charge is 2.31. The van der Waals surface area contributed by atoms with E-state index in [9.17, 15) is 24.3 Å². The molecular formula is C35H50N4O10. The van der Waals surface area contributed by atoms with Gasteiger partial charge in [0.05, 0.1) is 39.4 Å². The lowest BCUT2D eigenvalue weighted by atomic mass is 9.98. The third kappa shape index (κ3) is 12.1. The van der Waals surface area contributed by atoms with Crippen molar-refractivity contribution < 1.29 is 48.0 Å². The molecule has 14 nitrogen and oxygen atoms in total. The number of amides is 3. The van der Waals surface area contributed by atoms with Gasteiger partial charge in [-0.1, -0.05) is 48.5 Å². The Kier molecular flexibility index (Phi) is 17.0. The molecule has 1 atom stereocenters. The van der Waals surface area contributed by atoms with Crippen LogP contribution in [0.15, 0.2) is 48.5 Å². The molecule has 0 bridgehead atoms. The summed E-state index contributed by atoms with van der Waals surface area (Å²) < 4.78 is 26.3. The first-order valence-electron chi connectivity index (χ1n) is 16.3. The molecule has 14 heteroatoms. The number of carbonyl (C=O) groups is 4. The second-order valence-corrected chi connectivity index (χ2v) is 11.6. The first kappa shape index (κ1) is 39.4. The van der Waals surface area contributed by atoms with Gasteiger partial charge in [-0.3, -0.25) is 14.5 Å². The molecule has 2 aromatic carbocycles. The van der Waals surface area contributed by atoms with Crippen molar-refractivity contribution in [3.8, 4) is 11.1 Å². The highest BCUT2D eigenvalue weighted by molar-refractivity contribution is 5.89. The van der Waals surface area contributed by atoms with Gasteiger partial charge >= 0.3 is 12.1 Å². The molecule has 0 radical (unpaired) electrons. The first-order valence-corrected chi connectivity index (χ1v) is 16.3. The Morgan fingerprint density at radius 3 is 1.71 bits per heavy atom. The lowest BCUT2D eigenvalue weighted by Crippen LogP contribution is -2.50. The van der Waals surface area contributed by atoms with Crippen molar-refractivity contribution in [2.75, 3.05) is 107 Å². The maximum absolute atomic E-state index is 13.7. The maximum Gasteiger partial charge on any atom is 0.407 e. The zero-order valence-electron chi connectivity index (χ0n) is 28.9. The number of carbonyl (C=O) groups excluding carboxylic acids is 3.